The quantitative estimate of drug-likeness (QED) is 0.433. The zero-order chi connectivity index (χ0) is 17.7. The smallest absolute Gasteiger partial charge is 0.301 e. The lowest BCUT2D eigenvalue weighted by molar-refractivity contribution is -0.464. The Morgan fingerprint density at radius 2 is 2.08 bits per heavy atom. The van der Waals surface area contributed by atoms with Crippen molar-refractivity contribution in [2.75, 3.05) is 27.3 Å². The van der Waals surface area contributed by atoms with Crippen LogP contribution < -0.4 is 4.74 Å². The van der Waals surface area contributed by atoms with Gasteiger partial charge in [0.1, 0.15) is 12.1 Å². The number of rotatable bonds is 7. The van der Waals surface area contributed by atoms with Gasteiger partial charge in [0.25, 0.3) is 0 Å². The van der Waals surface area contributed by atoms with Gasteiger partial charge in [-0.2, -0.15) is 4.89 Å². The Bertz CT molecular complexity index is 691. The molecule has 1 aliphatic rings. The van der Waals surface area contributed by atoms with Crippen LogP contribution in [0.25, 0.3) is 10.9 Å². The van der Waals surface area contributed by atoms with Gasteiger partial charge in [0.2, 0.25) is 0 Å². The van der Waals surface area contributed by atoms with Crippen LogP contribution >= 0.6 is 0 Å². The summed E-state index contributed by atoms with van der Waals surface area (Å²) in [5.41, 5.74) is 0.821. The summed E-state index contributed by atoms with van der Waals surface area (Å²) in [6.07, 6.45) is 5.55. The van der Waals surface area contributed by atoms with Gasteiger partial charge >= 0.3 is 5.91 Å². The Labute approximate surface area is 147 Å². The van der Waals surface area contributed by atoms with Crippen molar-refractivity contribution in [1.29, 1.82) is 0 Å². The predicted octanol–water partition coefficient (Wildman–Crippen LogP) is 2.76. The third kappa shape index (κ3) is 4.24. The van der Waals surface area contributed by atoms with Crippen molar-refractivity contribution in [3.63, 3.8) is 0 Å². The number of nitrogens with zero attached hydrogens (tertiary/aromatic N) is 3. The zero-order valence-corrected chi connectivity index (χ0v) is 15.0. The van der Waals surface area contributed by atoms with E-state index in [1.165, 1.54) is 6.33 Å². The van der Waals surface area contributed by atoms with E-state index in [9.17, 15) is 0 Å². The number of hydrogen-bond acceptors (Lipinski definition) is 7. The van der Waals surface area contributed by atoms with Crippen LogP contribution in [0.1, 0.15) is 26.2 Å². The van der Waals surface area contributed by atoms with Crippen LogP contribution in [-0.4, -0.2) is 54.2 Å². The Kier molecular flexibility index (Phi) is 5.80. The zero-order valence-electron chi connectivity index (χ0n) is 15.0. The minimum absolute atomic E-state index is 0.0209. The Morgan fingerprint density at radius 1 is 1.28 bits per heavy atom. The summed E-state index contributed by atoms with van der Waals surface area (Å²) in [5, 5.41) is 0.959. The van der Waals surface area contributed by atoms with Crippen molar-refractivity contribution < 1.29 is 19.2 Å². The summed E-state index contributed by atoms with van der Waals surface area (Å²) in [6.45, 7) is 3.39. The second-order valence-electron chi connectivity index (χ2n) is 6.30. The highest BCUT2D eigenvalue weighted by atomic mass is 17.2. The molecule has 0 bridgehead atoms. The number of hydrogen-bond donors (Lipinski definition) is 0. The van der Waals surface area contributed by atoms with Crippen molar-refractivity contribution in [2.24, 2.45) is 0 Å². The van der Waals surface area contributed by atoms with Crippen LogP contribution in [-0.2, 0) is 14.5 Å². The summed E-state index contributed by atoms with van der Waals surface area (Å²) < 4.78 is 11.6. The molecule has 7 nitrogen and oxygen atoms in total. The Balaban J connectivity index is 1.76. The van der Waals surface area contributed by atoms with Crippen molar-refractivity contribution in [1.82, 2.24) is 14.9 Å². The molecule has 7 heteroatoms. The van der Waals surface area contributed by atoms with Crippen LogP contribution in [0, 0.1) is 0 Å². The number of benzene rings is 1. The molecule has 1 aromatic carbocycles. The van der Waals surface area contributed by atoms with E-state index >= 15 is 0 Å². The van der Waals surface area contributed by atoms with Gasteiger partial charge in [0, 0.05) is 50.1 Å². The highest BCUT2D eigenvalue weighted by Gasteiger charge is 2.37. The van der Waals surface area contributed by atoms with Gasteiger partial charge in [0.05, 0.1) is 11.6 Å². The molecular weight excluding hydrogens is 322 g/mol. The molecule has 1 atom stereocenters. The standard InChI is InChI=1S/C18H25N3O4/c1-4-18(21(2)3,25-24-15-7-9-22-10-8-15)23-16-6-5-14-12-19-13-20-17(14)11-16/h5-6,11-13,15H,4,7-10H2,1-3H3. The van der Waals surface area contributed by atoms with Crippen molar-refractivity contribution in [2.45, 2.75) is 38.2 Å². The first-order valence-corrected chi connectivity index (χ1v) is 8.61. The molecule has 1 aliphatic heterocycles. The topological polar surface area (TPSA) is 65.9 Å². The van der Waals surface area contributed by atoms with Crippen molar-refractivity contribution in [3.8, 4) is 5.75 Å². The minimum atomic E-state index is -1.01. The van der Waals surface area contributed by atoms with Gasteiger partial charge in [-0.3, -0.25) is 0 Å². The van der Waals surface area contributed by atoms with Gasteiger partial charge in [-0.25, -0.2) is 19.8 Å². The fraction of sp³-hybridized carbons (Fsp3) is 0.556. The van der Waals surface area contributed by atoms with Gasteiger partial charge in [-0.15, -0.1) is 0 Å². The molecule has 0 radical (unpaired) electrons. The van der Waals surface area contributed by atoms with Crippen molar-refractivity contribution >= 4 is 10.9 Å². The molecule has 25 heavy (non-hydrogen) atoms. The maximum atomic E-state index is 6.20. The molecule has 0 N–H and O–H groups in total. The number of aromatic nitrogens is 2. The first kappa shape index (κ1) is 18.0. The monoisotopic (exact) mass is 347 g/mol. The average Bonchev–Trinajstić information content (AvgIpc) is 2.65. The molecule has 1 fully saturated rings. The predicted molar refractivity (Wildman–Crippen MR) is 92.9 cm³/mol. The molecule has 2 heterocycles. The van der Waals surface area contributed by atoms with Gasteiger partial charge in [-0.1, -0.05) is 6.92 Å². The van der Waals surface area contributed by atoms with E-state index < -0.39 is 5.91 Å². The molecule has 1 aromatic heterocycles. The van der Waals surface area contributed by atoms with Crippen LogP contribution in [0.15, 0.2) is 30.7 Å². The minimum Gasteiger partial charge on any atom is -0.446 e. The number of ether oxygens (including phenoxy) is 2. The maximum absolute atomic E-state index is 6.20. The first-order chi connectivity index (χ1) is 12.1. The van der Waals surface area contributed by atoms with E-state index in [0.717, 1.165) is 23.7 Å². The van der Waals surface area contributed by atoms with Crippen LogP contribution in [0.3, 0.4) is 0 Å². The van der Waals surface area contributed by atoms with E-state index in [4.69, 9.17) is 19.2 Å². The maximum Gasteiger partial charge on any atom is 0.301 e. The third-order valence-electron chi connectivity index (χ3n) is 4.37. The molecule has 3 rings (SSSR count). The molecule has 136 valence electrons. The van der Waals surface area contributed by atoms with Gasteiger partial charge < -0.3 is 9.47 Å². The summed E-state index contributed by atoms with van der Waals surface area (Å²) in [5.74, 6) is -0.351. The molecule has 0 spiro atoms. The first-order valence-electron chi connectivity index (χ1n) is 8.61. The largest absolute Gasteiger partial charge is 0.446 e. The molecule has 0 aliphatic carbocycles. The molecule has 0 saturated carbocycles. The molecule has 2 aromatic rings. The van der Waals surface area contributed by atoms with E-state index in [-0.39, 0.29) is 6.10 Å². The molecule has 1 saturated heterocycles. The average molecular weight is 347 g/mol. The van der Waals surface area contributed by atoms with E-state index in [2.05, 4.69) is 9.97 Å². The number of fused-ring (bicyclic) bond motifs is 1. The molecule has 1 unspecified atom stereocenters. The van der Waals surface area contributed by atoms with Crippen LogP contribution in [0.4, 0.5) is 0 Å². The summed E-state index contributed by atoms with van der Waals surface area (Å²) in [6, 6.07) is 5.69. The normalized spacial score (nSPS) is 18.4. The summed E-state index contributed by atoms with van der Waals surface area (Å²) >= 11 is 0. The fourth-order valence-corrected chi connectivity index (χ4v) is 2.75. The second kappa shape index (κ2) is 8.05. The summed E-state index contributed by atoms with van der Waals surface area (Å²) in [7, 11) is 3.81. The third-order valence-corrected chi connectivity index (χ3v) is 4.37. The van der Waals surface area contributed by atoms with E-state index in [0.29, 0.717) is 25.4 Å². The van der Waals surface area contributed by atoms with Crippen LogP contribution in [0.5, 0.6) is 5.75 Å². The highest BCUT2D eigenvalue weighted by Crippen LogP contribution is 2.28. The Morgan fingerprint density at radius 3 is 2.80 bits per heavy atom. The van der Waals surface area contributed by atoms with E-state index in [1.54, 1.807) is 6.20 Å². The lowest BCUT2D eigenvalue weighted by Crippen LogP contribution is -2.52. The molecule has 0 amide bonds. The van der Waals surface area contributed by atoms with Crippen LogP contribution in [0.2, 0.25) is 0 Å². The van der Waals surface area contributed by atoms with Crippen molar-refractivity contribution in [3.05, 3.63) is 30.7 Å². The van der Waals surface area contributed by atoms with Gasteiger partial charge in [0.15, 0.2) is 0 Å². The van der Waals surface area contributed by atoms with Gasteiger partial charge in [-0.05, 0) is 26.2 Å². The summed E-state index contributed by atoms with van der Waals surface area (Å²) in [4.78, 5) is 21.7. The highest BCUT2D eigenvalue weighted by molar-refractivity contribution is 5.78. The second-order valence-corrected chi connectivity index (χ2v) is 6.30. The lowest BCUT2D eigenvalue weighted by Gasteiger charge is -2.38. The Hall–Kier alpha value is -1.80. The molecular formula is C18H25N3O4. The fourth-order valence-electron chi connectivity index (χ4n) is 2.75. The SMILES string of the molecule is CCC(OOC1CCOCC1)(Oc1ccc2cncnc2c1)N(C)C. The van der Waals surface area contributed by atoms with E-state index in [1.807, 2.05) is 44.1 Å². The lowest BCUT2D eigenvalue weighted by atomic mass is 10.2.